The molecule has 1 unspecified atom stereocenters. The Balaban J connectivity index is 2.67. The van der Waals surface area contributed by atoms with E-state index in [9.17, 15) is 0 Å². The molecule has 3 heteroatoms. The predicted molar refractivity (Wildman–Crippen MR) is 67.5 cm³/mol. The molecule has 0 amide bonds. The van der Waals surface area contributed by atoms with Crippen molar-refractivity contribution in [1.82, 2.24) is 10.3 Å². The van der Waals surface area contributed by atoms with E-state index < -0.39 is 0 Å². The van der Waals surface area contributed by atoms with E-state index >= 15 is 0 Å². The van der Waals surface area contributed by atoms with Crippen LogP contribution in [0.1, 0.15) is 57.0 Å². The lowest BCUT2D eigenvalue weighted by molar-refractivity contribution is 0.577. The molecule has 0 aliphatic carbocycles. The van der Waals surface area contributed by atoms with E-state index in [2.05, 4.69) is 44.9 Å². The monoisotopic (exact) mass is 226 g/mol. The molecule has 1 N–H and O–H groups in total. The van der Waals surface area contributed by atoms with E-state index in [4.69, 9.17) is 0 Å². The summed E-state index contributed by atoms with van der Waals surface area (Å²) in [6.45, 7) is 12.1. The molecule has 0 spiro atoms. The summed E-state index contributed by atoms with van der Waals surface area (Å²) in [7, 11) is 0. The van der Waals surface area contributed by atoms with Gasteiger partial charge in [0.1, 0.15) is 0 Å². The molecule has 15 heavy (non-hydrogen) atoms. The van der Waals surface area contributed by atoms with Gasteiger partial charge in [-0.25, -0.2) is 4.98 Å². The van der Waals surface area contributed by atoms with E-state index in [0.717, 1.165) is 6.54 Å². The summed E-state index contributed by atoms with van der Waals surface area (Å²) in [5.74, 6) is 0. The third-order valence-corrected chi connectivity index (χ3v) is 3.90. The highest BCUT2D eigenvalue weighted by atomic mass is 32.1. The second kappa shape index (κ2) is 5.08. The fourth-order valence-electron chi connectivity index (χ4n) is 1.29. The molecule has 0 aliphatic rings. The van der Waals surface area contributed by atoms with Crippen LogP contribution in [0.2, 0.25) is 0 Å². The van der Waals surface area contributed by atoms with Gasteiger partial charge in [-0.3, -0.25) is 0 Å². The van der Waals surface area contributed by atoms with Crippen molar-refractivity contribution < 1.29 is 0 Å². The Bertz CT molecular complexity index is 299. The van der Waals surface area contributed by atoms with Gasteiger partial charge < -0.3 is 5.32 Å². The highest BCUT2D eigenvalue weighted by Crippen LogP contribution is 2.29. The minimum Gasteiger partial charge on any atom is -0.309 e. The number of hydrogen-bond acceptors (Lipinski definition) is 3. The van der Waals surface area contributed by atoms with Crippen molar-refractivity contribution in [3.63, 3.8) is 0 Å². The maximum Gasteiger partial charge on any atom is 0.0981 e. The number of hydrogen-bond donors (Lipinski definition) is 1. The summed E-state index contributed by atoms with van der Waals surface area (Å²) >= 11 is 1.82. The second-order valence-electron chi connectivity index (χ2n) is 4.99. The fourth-order valence-corrected chi connectivity index (χ4v) is 2.30. The van der Waals surface area contributed by atoms with Crippen LogP contribution in [0, 0.1) is 0 Å². The summed E-state index contributed by atoms with van der Waals surface area (Å²) in [4.78, 5) is 5.84. The number of nitrogens with one attached hydrogen (secondary N) is 1. The minimum absolute atomic E-state index is 0.174. The first-order valence-electron chi connectivity index (χ1n) is 5.64. The number of aromatic nitrogens is 1. The van der Waals surface area contributed by atoms with Gasteiger partial charge in [-0.2, -0.15) is 0 Å². The van der Waals surface area contributed by atoms with Crippen molar-refractivity contribution >= 4 is 11.3 Å². The maximum absolute atomic E-state index is 4.50. The highest BCUT2D eigenvalue weighted by molar-refractivity contribution is 7.11. The van der Waals surface area contributed by atoms with Gasteiger partial charge >= 0.3 is 0 Å². The summed E-state index contributed by atoms with van der Waals surface area (Å²) in [6.07, 6.45) is 3.19. The Morgan fingerprint density at radius 3 is 2.60 bits per heavy atom. The van der Waals surface area contributed by atoms with Gasteiger partial charge in [0.2, 0.25) is 0 Å². The zero-order valence-electron chi connectivity index (χ0n) is 10.4. The normalized spacial score (nSPS) is 14.2. The number of nitrogens with zero attached hydrogens (tertiary/aromatic N) is 1. The number of thiazole rings is 1. The van der Waals surface area contributed by atoms with Crippen molar-refractivity contribution in [3.8, 4) is 0 Å². The molecule has 1 aromatic heterocycles. The predicted octanol–water partition coefficient (Wildman–Crippen LogP) is 3.50. The summed E-state index contributed by atoms with van der Waals surface area (Å²) in [6, 6.07) is 0.429. The summed E-state index contributed by atoms with van der Waals surface area (Å²) < 4.78 is 0. The fraction of sp³-hybridized carbons (Fsp3) is 0.750. The second-order valence-corrected chi connectivity index (χ2v) is 6.06. The highest BCUT2D eigenvalue weighted by Gasteiger charge is 2.19. The average Bonchev–Trinajstić information content (AvgIpc) is 2.62. The Hall–Kier alpha value is -0.410. The quantitative estimate of drug-likeness (QED) is 0.850. The Morgan fingerprint density at radius 2 is 2.13 bits per heavy atom. The molecular weight excluding hydrogens is 204 g/mol. The molecule has 2 nitrogen and oxygen atoms in total. The van der Waals surface area contributed by atoms with Crippen molar-refractivity contribution in [1.29, 1.82) is 0 Å². The topological polar surface area (TPSA) is 24.9 Å². The van der Waals surface area contributed by atoms with Crippen LogP contribution < -0.4 is 5.32 Å². The van der Waals surface area contributed by atoms with Gasteiger partial charge in [0.05, 0.1) is 5.01 Å². The van der Waals surface area contributed by atoms with Crippen LogP contribution >= 0.6 is 11.3 Å². The van der Waals surface area contributed by atoms with Crippen LogP contribution in [0.5, 0.6) is 0 Å². The van der Waals surface area contributed by atoms with Gasteiger partial charge in [-0.05, 0) is 19.9 Å². The minimum atomic E-state index is 0.174. The van der Waals surface area contributed by atoms with Gasteiger partial charge in [0, 0.05) is 22.5 Å². The first-order chi connectivity index (χ1) is 6.95. The van der Waals surface area contributed by atoms with Crippen LogP contribution in [-0.2, 0) is 5.41 Å². The first-order valence-corrected chi connectivity index (χ1v) is 6.46. The third-order valence-electron chi connectivity index (χ3n) is 2.29. The van der Waals surface area contributed by atoms with Crippen molar-refractivity contribution in [2.45, 2.75) is 52.5 Å². The number of rotatable bonds is 4. The van der Waals surface area contributed by atoms with Gasteiger partial charge in [0.15, 0.2) is 0 Å². The van der Waals surface area contributed by atoms with Crippen molar-refractivity contribution in [3.05, 3.63) is 16.1 Å². The van der Waals surface area contributed by atoms with Crippen LogP contribution in [0.25, 0.3) is 0 Å². The van der Waals surface area contributed by atoms with Crippen LogP contribution in [0.3, 0.4) is 0 Å². The van der Waals surface area contributed by atoms with E-state index in [1.54, 1.807) is 0 Å². The third kappa shape index (κ3) is 3.58. The lowest BCUT2D eigenvalue weighted by Crippen LogP contribution is -2.18. The van der Waals surface area contributed by atoms with Crippen molar-refractivity contribution in [2.75, 3.05) is 6.54 Å². The van der Waals surface area contributed by atoms with Crippen LogP contribution in [0.15, 0.2) is 6.20 Å². The zero-order valence-corrected chi connectivity index (χ0v) is 11.2. The lowest BCUT2D eigenvalue weighted by atomic mass is 9.98. The molecule has 0 fully saturated rings. The van der Waals surface area contributed by atoms with Gasteiger partial charge in [-0.15, -0.1) is 11.3 Å². The molecule has 86 valence electrons. The maximum atomic E-state index is 4.50. The molecule has 0 radical (unpaired) electrons. The zero-order chi connectivity index (χ0) is 11.5. The Morgan fingerprint density at radius 1 is 1.47 bits per heavy atom. The van der Waals surface area contributed by atoms with Crippen LogP contribution in [-0.4, -0.2) is 11.5 Å². The summed E-state index contributed by atoms with van der Waals surface area (Å²) in [5.41, 5.74) is 0.174. The van der Waals surface area contributed by atoms with E-state index in [0.29, 0.717) is 6.04 Å². The van der Waals surface area contributed by atoms with Gasteiger partial charge in [0.25, 0.3) is 0 Å². The Labute approximate surface area is 97.1 Å². The smallest absolute Gasteiger partial charge is 0.0981 e. The van der Waals surface area contributed by atoms with E-state index in [1.165, 1.54) is 16.3 Å². The molecule has 1 atom stereocenters. The summed E-state index contributed by atoms with van der Waals surface area (Å²) in [5, 5.41) is 4.71. The first kappa shape index (κ1) is 12.7. The average molecular weight is 226 g/mol. The SMILES string of the molecule is CCCNC(C)c1cnc(C(C)(C)C)s1. The van der Waals surface area contributed by atoms with E-state index in [-0.39, 0.29) is 5.41 Å². The molecule has 1 aromatic rings. The molecule has 0 saturated carbocycles. The standard InChI is InChI=1S/C12H22N2S/c1-6-7-13-9(2)10-8-14-11(15-10)12(3,4)5/h8-9,13H,6-7H2,1-5H3. The molecule has 1 heterocycles. The van der Waals surface area contributed by atoms with Crippen molar-refractivity contribution in [2.24, 2.45) is 0 Å². The lowest BCUT2D eigenvalue weighted by Gasteiger charge is -2.14. The molecule has 0 aliphatic heterocycles. The van der Waals surface area contributed by atoms with Crippen LogP contribution in [0.4, 0.5) is 0 Å². The molecule has 0 aromatic carbocycles. The largest absolute Gasteiger partial charge is 0.309 e. The Kier molecular flexibility index (Phi) is 4.29. The molecule has 0 saturated heterocycles. The molecule has 1 rings (SSSR count). The molecular formula is C12H22N2S. The van der Waals surface area contributed by atoms with Gasteiger partial charge in [-0.1, -0.05) is 27.7 Å². The van der Waals surface area contributed by atoms with E-state index in [1.807, 2.05) is 17.5 Å². The molecule has 0 bridgehead atoms.